The first-order valence-corrected chi connectivity index (χ1v) is 3.25. The Labute approximate surface area is 71.4 Å². The number of carbonyl (C=O) groups is 1. The monoisotopic (exact) mass is 190 g/mol. The van der Waals surface area contributed by atoms with Gasteiger partial charge in [-0.3, -0.25) is 4.79 Å². The lowest BCUT2D eigenvalue weighted by molar-refractivity contribution is 0.110. The number of nitrogens with zero attached hydrogens (tertiary/aromatic N) is 1. The van der Waals surface area contributed by atoms with Gasteiger partial charge in [-0.05, 0) is 0 Å². The van der Waals surface area contributed by atoms with E-state index in [1.54, 1.807) is 0 Å². The van der Waals surface area contributed by atoms with E-state index in [9.17, 15) is 18.0 Å². The zero-order chi connectivity index (χ0) is 10.0. The molecule has 0 atom stereocenters. The van der Waals surface area contributed by atoms with Crippen LogP contribution in [-0.2, 0) is 0 Å². The van der Waals surface area contributed by atoms with Gasteiger partial charge < -0.3 is 5.73 Å². The van der Waals surface area contributed by atoms with Gasteiger partial charge >= 0.3 is 0 Å². The molecule has 0 aliphatic heterocycles. The number of aldehydes is 1. The smallest absolute Gasteiger partial charge is 0.268 e. The minimum Gasteiger partial charge on any atom is -0.383 e. The Morgan fingerprint density at radius 1 is 1.54 bits per heavy atom. The van der Waals surface area contributed by atoms with E-state index in [0.717, 1.165) is 0 Å². The molecule has 0 bridgehead atoms. The van der Waals surface area contributed by atoms with Crippen molar-refractivity contribution in [2.75, 3.05) is 5.73 Å². The predicted octanol–water partition coefficient (Wildman–Crippen LogP) is 1.55. The highest BCUT2D eigenvalue weighted by molar-refractivity contribution is 5.79. The zero-order valence-corrected chi connectivity index (χ0v) is 6.30. The van der Waals surface area contributed by atoms with Crippen molar-refractivity contribution < 1.29 is 18.0 Å². The van der Waals surface area contributed by atoms with E-state index in [1.165, 1.54) is 0 Å². The number of aromatic nitrogens is 1. The van der Waals surface area contributed by atoms with Crippen LogP contribution in [0, 0.1) is 5.95 Å². The summed E-state index contributed by atoms with van der Waals surface area (Å²) in [5.74, 6) is -1.71. The van der Waals surface area contributed by atoms with Crippen molar-refractivity contribution in [1.29, 1.82) is 0 Å². The van der Waals surface area contributed by atoms with E-state index in [1.807, 2.05) is 0 Å². The summed E-state index contributed by atoms with van der Waals surface area (Å²) < 4.78 is 36.9. The topological polar surface area (TPSA) is 56.0 Å². The molecule has 0 saturated heterocycles. The fourth-order valence-corrected chi connectivity index (χ4v) is 0.897. The predicted molar refractivity (Wildman–Crippen MR) is 39.0 cm³/mol. The van der Waals surface area contributed by atoms with Crippen molar-refractivity contribution in [2.45, 2.75) is 6.43 Å². The van der Waals surface area contributed by atoms with Crippen LogP contribution in [0.25, 0.3) is 0 Å². The van der Waals surface area contributed by atoms with Crippen LogP contribution in [0.15, 0.2) is 6.07 Å². The van der Waals surface area contributed by atoms with Crippen molar-refractivity contribution in [1.82, 2.24) is 4.98 Å². The molecule has 0 aliphatic rings. The molecule has 13 heavy (non-hydrogen) atoms. The van der Waals surface area contributed by atoms with Crippen LogP contribution >= 0.6 is 0 Å². The van der Waals surface area contributed by atoms with Crippen LogP contribution in [0.1, 0.15) is 22.3 Å². The molecule has 1 aromatic heterocycles. The molecule has 0 aromatic carbocycles. The highest BCUT2D eigenvalue weighted by atomic mass is 19.3. The number of carbonyl (C=O) groups excluding carboxylic acids is 1. The molecule has 0 radical (unpaired) electrons. The minimum absolute atomic E-state index is 0.114. The van der Waals surface area contributed by atoms with Crippen LogP contribution < -0.4 is 5.73 Å². The van der Waals surface area contributed by atoms with E-state index in [0.29, 0.717) is 6.07 Å². The first-order chi connectivity index (χ1) is 6.06. The molecule has 1 heterocycles. The van der Waals surface area contributed by atoms with Gasteiger partial charge in [0.25, 0.3) is 6.43 Å². The van der Waals surface area contributed by atoms with Crippen LogP contribution in [0.3, 0.4) is 0 Å². The van der Waals surface area contributed by atoms with Crippen molar-refractivity contribution in [3.63, 3.8) is 0 Å². The van der Waals surface area contributed by atoms with E-state index < -0.39 is 29.3 Å². The Morgan fingerprint density at radius 3 is 2.62 bits per heavy atom. The van der Waals surface area contributed by atoms with Gasteiger partial charge in [0.15, 0.2) is 6.29 Å². The zero-order valence-electron chi connectivity index (χ0n) is 6.30. The van der Waals surface area contributed by atoms with Gasteiger partial charge in [0.05, 0.1) is 5.56 Å². The largest absolute Gasteiger partial charge is 0.383 e. The molecule has 0 aliphatic carbocycles. The van der Waals surface area contributed by atoms with Gasteiger partial charge in [0.2, 0.25) is 5.95 Å². The fraction of sp³-hybridized carbons (Fsp3) is 0.143. The molecule has 1 aromatic rings. The summed E-state index contributed by atoms with van der Waals surface area (Å²) in [4.78, 5) is 13.2. The van der Waals surface area contributed by atoms with Crippen LogP contribution in [0.2, 0.25) is 0 Å². The second-order valence-corrected chi connectivity index (χ2v) is 2.25. The molecule has 0 amide bonds. The molecule has 0 unspecified atom stereocenters. The molecule has 1 rings (SSSR count). The first kappa shape index (κ1) is 9.50. The van der Waals surface area contributed by atoms with Gasteiger partial charge in [0.1, 0.15) is 5.82 Å². The third kappa shape index (κ3) is 1.77. The number of anilines is 1. The van der Waals surface area contributed by atoms with E-state index in [-0.39, 0.29) is 6.29 Å². The third-order valence-electron chi connectivity index (χ3n) is 1.43. The maximum atomic E-state index is 12.5. The van der Waals surface area contributed by atoms with Gasteiger partial charge in [-0.15, -0.1) is 0 Å². The molecule has 0 saturated carbocycles. The summed E-state index contributed by atoms with van der Waals surface area (Å²) in [6.45, 7) is 0. The van der Waals surface area contributed by atoms with Crippen molar-refractivity contribution >= 4 is 12.1 Å². The van der Waals surface area contributed by atoms with Crippen molar-refractivity contribution in [3.05, 3.63) is 23.1 Å². The normalized spacial score (nSPS) is 10.5. The maximum Gasteiger partial charge on any atom is 0.268 e. The Bertz CT molecular complexity index is 341. The highest BCUT2D eigenvalue weighted by Gasteiger charge is 2.18. The number of nitrogens with two attached hydrogens (primary N) is 1. The lowest BCUT2D eigenvalue weighted by Gasteiger charge is -2.05. The first-order valence-electron chi connectivity index (χ1n) is 3.25. The molecular formula is C7H5F3N2O. The third-order valence-corrected chi connectivity index (χ3v) is 1.43. The maximum absolute atomic E-state index is 12.5. The highest BCUT2D eigenvalue weighted by Crippen LogP contribution is 2.26. The number of hydrogen-bond donors (Lipinski definition) is 1. The number of halogens is 3. The van der Waals surface area contributed by atoms with Crippen LogP contribution in [0.5, 0.6) is 0 Å². The number of alkyl halides is 2. The SMILES string of the molecule is Nc1nc(F)cc(C=O)c1C(F)F. The Hall–Kier alpha value is -1.59. The summed E-state index contributed by atoms with van der Waals surface area (Å²) in [5, 5.41) is 0. The van der Waals surface area contributed by atoms with E-state index >= 15 is 0 Å². The average Bonchev–Trinajstić information content (AvgIpc) is 2.01. The van der Waals surface area contributed by atoms with Crippen LogP contribution in [-0.4, -0.2) is 11.3 Å². The summed E-state index contributed by atoms with van der Waals surface area (Å²) >= 11 is 0. The van der Waals surface area contributed by atoms with Gasteiger partial charge in [-0.2, -0.15) is 4.39 Å². The lowest BCUT2D eigenvalue weighted by Crippen LogP contribution is -2.04. The van der Waals surface area contributed by atoms with Crippen LogP contribution in [0.4, 0.5) is 19.0 Å². The van der Waals surface area contributed by atoms with Crippen molar-refractivity contribution in [2.24, 2.45) is 0 Å². The number of hydrogen-bond acceptors (Lipinski definition) is 3. The average molecular weight is 190 g/mol. The molecule has 2 N–H and O–H groups in total. The Balaban J connectivity index is 3.38. The molecule has 6 heteroatoms. The lowest BCUT2D eigenvalue weighted by atomic mass is 10.1. The van der Waals surface area contributed by atoms with Gasteiger partial charge in [0, 0.05) is 11.6 Å². The number of nitrogen functional groups attached to an aromatic ring is 1. The van der Waals surface area contributed by atoms with E-state index in [4.69, 9.17) is 5.73 Å². The standard InChI is InChI=1S/C7H5F3N2O/c8-4-1-3(2-13)5(6(9)10)7(11)12-4/h1-2,6H,(H2,11,12). The molecule has 0 fully saturated rings. The number of pyridine rings is 1. The molecular weight excluding hydrogens is 185 g/mol. The Kier molecular flexibility index (Phi) is 2.50. The Morgan fingerprint density at radius 2 is 2.15 bits per heavy atom. The number of rotatable bonds is 2. The quantitative estimate of drug-likeness (QED) is 0.568. The second-order valence-electron chi connectivity index (χ2n) is 2.25. The van der Waals surface area contributed by atoms with E-state index in [2.05, 4.69) is 4.98 Å². The summed E-state index contributed by atoms with van der Waals surface area (Å²) in [6, 6.07) is 0.616. The van der Waals surface area contributed by atoms with Gasteiger partial charge in [-0.25, -0.2) is 13.8 Å². The van der Waals surface area contributed by atoms with Gasteiger partial charge in [-0.1, -0.05) is 0 Å². The second kappa shape index (κ2) is 3.42. The summed E-state index contributed by atoms with van der Waals surface area (Å²) in [7, 11) is 0. The van der Waals surface area contributed by atoms with Crippen molar-refractivity contribution in [3.8, 4) is 0 Å². The molecule has 70 valence electrons. The molecule has 0 spiro atoms. The summed E-state index contributed by atoms with van der Waals surface area (Å²) in [5.41, 5.74) is 3.81. The fourth-order valence-electron chi connectivity index (χ4n) is 0.897. The summed E-state index contributed by atoms with van der Waals surface area (Å²) in [6.07, 6.45) is -2.82. The minimum atomic E-state index is -2.94. The molecule has 3 nitrogen and oxygen atoms in total.